The van der Waals surface area contributed by atoms with E-state index in [4.69, 9.17) is 14.2 Å². The van der Waals surface area contributed by atoms with Crippen molar-refractivity contribution in [1.29, 1.82) is 0 Å². The highest BCUT2D eigenvalue weighted by Crippen LogP contribution is 2.37. The third kappa shape index (κ3) is 5.06. The minimum Gasteiger partial charge on any atom is -0.486 e. The van der Waals surface area contributed by atoms with Crippen LogP contribution in [0.25, 0.3) is 0 Å². The first-order chi connectivity index (χ1) is 14.7. The van der Waals surface area contributed by atoms with E-state index in [-0.39, 0.29) is 18.1 Å². The highest BCUT2D eigenvalue weighted by molar-refractivity contribution is 7.99. The minimum absolute atomic E-state index is 0.134. The Balaban J connectivity index is 1.11. The number of thioether (sulfide) groups is 1. The van der Waals surface area contributed by atoms with Crippen LogP contribution in [0.4, 0.5) is 0 Å². The molecule has 3 fully saturated rings. The molecule has 2 heterocycles. The fraction of sp³-hybridized carbons (Fsp3) is 0.696. The highest BCUT2D eigenvalue weighted by atomic mass is 32.2. The number of hydrogen-bond acceptors (Lipinski definition) is 6. The van der Waals surface area contributed by atoms with Gasteiger partial charge in [0.05, 0.1) is 12.1 Å². The van der Waals surface area contributed by atoms with Crippen molar-refractivity contribution in [2.24, 2.45) is 17.8 Å². The lowest BCUT2D eigenvalue weighted by Gasteiger charge is -2.38. The van der Waals surface area contributed by atoms with Crippen LogP contribution in [0.2, 0.25) is 0 Å². The number of carbonyl (C=O) groups is 1. The van der Waals surface area contributed by atoms with Crippen molar-refractivity contribution >= 4 is 17.7 Å². The number of nitrogens with one attached hydrogen (secondary N) is 2. The average Bonchev–Trinajstić information content (AvgIpc) is 3.48. The summed E-state index contributed by atoms with van der Waals surface area (Å²) in [5.74, 6) is 4.61. The van der Waals surface area contributed by atoms with E-state index in [0.717, 1.165) is 60.6 Å². The highest BCUT2D eigenvalue weighted by Gasteiger charge is 2.41. The molecule has 2 saturated carbocycles. The summed E-state index contributed by atoms with van der Waals surface area (Å²) < 4.78 is 17.5. The SMILES string of the molecule is O=C(CCSc1ccc2c(c1)OCCO2)N[C@H]1C[C@H]2CNC[C@H]2C[C@@H]1OCC1CC1. The van der Waals surface area contributed by atoms with Gasteiger partial charge in [-0.1, -0.05) is 0 Å². The van der Waals surface area contributed by atoms with Gasteiger partial charge in [-0.2, -0.15) is 0 Å². The molecule has 2 aliphatic carbocycles. The van der Waals surface area contributed by atoms with E-state index in [0.29, 0.717) is 31.5 Å². The van der Waals surface area contributed by atoms with Crippen LogP contribution in [-0.4, -0.2) is 56.7 Å². The maximum absolute atomic E-state index is 12.7. The van der Waals surface area contributed by atoms with Gasteiger partial charge in [0, 0.05) is 23.7 Å². The Bertz CT molecular complexity index is 757. The number of benzene rings is 1. The second-order valence-electron chi connectivity index (χ2n) is 9.04. The quantitative estimate of drug-likeness (QED) is 0.616. The lowest BCUT2D eigenvalue weighted by molar-refractivity contribution is -0.123. The zero-order chi connectivity index (χ0) is 20.3. The minimum atomic E-state index is 0.134. The first-order valence-corrected chi connectivity index (χ1v) is 12.4. The van der Waals surface area contributed by atoms with Crippen LogP contribution < -0.4 is 20.1 Å². The lowest BCUT2D eigenvalue weighted by atomic mass is 9.77. The number of rotatable bonds is 8. The first-order valence-electron chi connectivity index (χ1n) is 11.4. The maximum Gasteiger partial charge on any atom is 0.221 e. The largest absolute Gasteiger partial charge is 0.486 e. The summed E-state index contributed by atoms with van der Waals surface area (Å²) in [5, 5.41) is 6.83. The average molecular weight is 433 g/mol. The summed E-state index contributed by atoms with van der Waals surface area (Å²) in [4.78, 5) is 13.8. The maximum atomic E-state index is 12.7. The van der Waals surface area contributed by atoms with Gasteiger partial charge in [0.1, 0.15) is 13.2 Å². The number of hydrogen-bond donors (Lipinski definition) is 2. The predicted octanol–water partition coefficient (Wildman–Crippen LogP) is 2.85. The van der Waals surface area contributed by atoms with E-state index < -0.39 is 0 Å². The van der Waals surface area contributed by atoms with E-state index in [2.05, 4.69) is 10.6 Å². The Morgan fingerprint density at radius 3 is 2.77 bits per heavy atom. The van der Waals surface area contributed by atoms with Gasteiger partial charge in [0.15, 0.2) is 11.5 Å². The molecular formula is C23H32N2O4S. The molecule has 0 radical (unpaired) electrons. The van der Waals surface area contributed by atoms with Gasteiger partial charge in [-0.3, -0.25) is 4.79 Å². The van der Waals surface area contributed by atoms with Gasteiger partial charge in [-0.25, -0.2) is 0 Å². The Morgan fingerprint density at radius 2 is 1.93 bits per heavy atom. The summed E-state index contributed by atoms with van der Waals surface area (Å²) in [6.07, 6.45) is 5.39. The van der Waals surface area contributed by atoms with Crippen LogP contribution in [0, 0.1) is 17.8 Å². The van der Waals surface area contributed by atoms with Crippen molar-refractivity contribution in [2.75, 3.05) is 38.7 Å². The van der Waals surface area contributed by atoms with Crippen LogP contribution >= 0.6 is 11.8 Å². The molecule has 1 aromatic carbocycles. The van der Waals surface area contributed by atoms with Gasteiger partial charge < -0.3 is 24.8 Å². The van der Waals surface area contributed by atoms with E-state index in [1.165, 1.54) is 12.8 Å². The molecule has 2 N–H and O–H groups in total. The Kier molecular flexibility index (Phi) is 6.39. The van der Waals surface area contributed by atoms with E-state index >= 15 is 0 Å². The smallest absolute Gasteiger partial charge is 0.221 e. The topological polar surface area (TPSA) is 68.8 Å². The molecule has 164 valence electrons. The molecule has 6 nitrogen and oxygen atoms in total. The van der Waals surface area contributed by atoms with E-state index in [1.54, 1.807) is 11.8 Å². The van der Waals surface area contributed by atoms with Gasteiger partial charge in [-0.05, 0) is 74.7 Å². The second kappa shape index (κ2) is 9.37. The van der Waals surface area contributed by atoms with Crippen LogP contribution in [-0.2, 0) is 9.53 Å². The van der Waals surface area contributed by atoms with Crippen LogP contribution in [0.1, 0.15) is 32.1 Å². The third-order valence-corrected chi connectivity index (χ3v) is 7.72. The summed E-state index contributed by atoms with van der Waals surface area (Å²) in [7, 11) is 0. The first kappa shape index (κ1) is 20.5. The Labute approximate surface area is 182 Å². The van der Waals surface area contributed by atoms with Crippen LogP contribution in [0.5, 0.6) is 11.5 Å². The molecule has 0 bridgehead atoms. The van der Waals surface area contributed by atoms with Crippen LogP contribution in [0.3, 0.4) is 0 Å². The predicted molar refractivity (Wildman–Crippen MR) is 116 cm³/mol. The molecule has 1 aromatic rings. The fourth-order valence-corrected chi connectivity index (χ4v) is 5.69. The molecule has 0 spiro atoms. The zero-order valence-electron chi connectivity index (χ0n) is 17.4. The molecule has 2 aliphatic heterocycles. The Hall–Kier alpha value is -1.44. The molecule has 4 aliphatic rings. The standard InChI is InChI=1S/C23H32N2O4S/c26-23(5-8-30-18-3-4-20-22(11-18)28-7-6-27-20)25-19-9-16-12-24-13-17(16)10-21(19)29-14-15-1-2-15/h3-4,11,15-17,19,21,24H,1-2,5-10,12-14H2,(H,25,26)/t16-,17+,19-,21-/m0/s1. The molecule has 0 unspecified atom stereocenters. The monoisotopic (exact) mass is 432 g/mol. The summed E-state index contributed by atoms with van der Waals surface area (Å²) >= 11 is 1.68. The van der Waals surface area contributed by atoms with E-state index in [1.807, 2.05) is 18.2 Å². The molecule has 4 atom stereocenters. The van der Waals surface area contributed by atoms with Crippen LogP contribution in [0.15, 0.2) is 23.1 Å². The van der Waals surface area contributed by atoms with Crippen molar-refractivity contribution in [1.82, 2.24) is 10.6 Å². The number of fused-ring (bicyclic) bond motifs is 2. The molecular weight excluding hydrogens is 400 g/mol. The fourth-order valence-electron chi connectivity index (χ4n) is 4.81. The molecule has 7 heteroatoms. The zero-order valence-corrected chi connectivity index (χ0v) is 18.3. The van der Waals surface area contributed by atoms with Gasteiger partial charge >= 0.3 is 0 Å². The van der Waals surface area contributed by atoms with Gasteiger partial charge in [0.2, 0.25) is 5.91 Å². The molecule has 5 rings (SSSR count). The number of amides is 1. The summed E-state index contributed by atoms with van der Waals surface area (Å²) in [6.45, 7) is 4.23. The van der Waals surface area contributed by atoms with Crippen molar-refractivity contribution in [3.63, 3.8) is 0 Å². The van der Waals surface area contributed by atoms with Crippen molar-refractivity contribution in [3.8, 4) is 11.5 Å². The summed E-state index contributed by atoms with van der Waals surface area (Å²) in [5.41, 5.74) is 0. The number of ether oxygens (including phenoxy) is 3. The lowest BCUT2D eigenvalue weighted by Crippen LogP contribution is -2.50. The molecule has 1 amide bonds. The van der Waals surface area contributed by atoms with E-state index in [9.17, 15) is 4.79 Å². The number of carbonyl (C=O) groups excluding carboxylic acids is 1. The van der Waals surface area contributed by atoms with Crippen molar-refractivity contribution in [3.05, 3.63) is 18.2 Å². The van der Waals surface area contributed by atoms with Gasteiger partial charge in [0.25, 0.3) is 0 Å². The normalized spacial score (nSPS) is 30.0. The molecule has 30 heavy (non-hydrogen) atoms. The molecule has 1 saturated heterocycles. The van der Waals surface area contributed by atoms with Gasteiger partial charge in [-0.15, -0.1) is 11.8 Å². The van der Waals surface area contributed by atoms with Crippen molar-refractivity contribution in [2.45, 2.75) is 49.1 Å². The Morgan fingerprint density at radius 1 is 1.13 bits per heavy atom. The summed E-state index contributed by atoms with van der Waals surface area (Å²) in [6, 6.07) is 6.14. The van der Waals surface area contributed by atoms with Crippen molar-refractivity contribution < 1.29 is 19.0 Å². The molecule has 0 aromatic heterocycles. The third-order valence-electron chi connectivity index (χ3n) is 6.72. The second-order valence-corrected chi connectivity index (χ2v) is 10.2.